The Kier molecular flexibility index (Phi) is 4.57. The molecule has 0 radical (unpaired) electrons. The summed E-state index contributed by atoms with van der Waals surface area (Å²) in [5, 5.41) is 2.07. The van der Waals surface area contributed by atoms with Gasteiger partial charge in [-0.25, -0.2) is 4.98 Å². The number of alkyl halides is 1. The van der Waals surface area contributed by atoms with Crippen LogP contribution in [-0.2, 0) is 13.0 Å². The van der Waals surface area contributed by atoms with Gasteiger partial charge in [0.05, 0.1) is 23.0 Å². The van der Waals surface area contributed by atoms with Crippen molar-refractivity contribution >= 4 is 56.6 Å². The molecule has 21 heavy (non-hydrogen) atoms. The minimum Gasteiger partial charge on any atom is -0.321 e. The smallest absolute Gasteiger partial charge is 0.128 e. The average Bonchev–Trinajstić information content (AvgIpc) is 3.03. The van der Waals surface area contributed by atoms with E-state index in [4.69, 9.17) is 16.6 Å². The first-order chi connectivity index (χ1) is 10.1. The van der Waals surface area contributed by atoms with Crippen LogP contribution in [0.1, 0.15) is 35.5 Å². The molecule has 0 aliphatic carbocycles. The van der Waals surface area contributed by atoms with Crippen LogP contribution in [0.15, 0.2) is 29.6 Å². The standard InChI is InChI=1S/C16H16ClIN2S/c1-3-11-6-7-21-15(11)9-20-14-5-4-12(18)8-13(14)19-16(20)10(2)17/h4-8,10H,3,9H2,1-2H3. The Labute approximate surface area is 147 Å². The van der Waals surface area contributed by atoms with Gasteiger partial charge in [-0.1, -0.05) is 6.92 Å². The fourth-order valence-corrected chi connectivity index (χ4v) is 4.16. The summed E-state index contributed by atoms with van der Waals surface area (Å²) in [4.78, 5) is 6.14. The third-order valence-electron chi connectivity index (χ3n) is 3.62. The summed E-state index contributed by atoms with van der Waals surface area (Å²) in [7, 11) is 0. The van der Waals surface area contributed by atoms with E-state index in [0.29, 0.717) is 0 Å². The molecular formula is C16H16ClIN2S. The van der Waals surface area contributed by atoms with Gasteiger partial charge in [-0.15, -0.1) is 22.9 Å². The Hall–Kier alpha value is -0.590. The zero-order valence-corrected chi connectivity index (χ0v) is 15.7. The van der Waals surface area contributed by atoms with Crippen LogP contribution in [0.4, 0.5) is 0 Å². The predicted molar refractivity (Wildman–Crippen MR) is 99.5 cm³/mol. The van der Waals surface area contributed by atoms with Crippen molar-refractivity contribution in [1.29, 1.82) is 0 Å². The Balaban J connectivity index is 2.13. The molecular weight excluding hydrogens is 415 g/mol. The van der Waals surface area contributed by atoms with E-state index >= 15 is 0 Å². The van der Waals surface area contributed by atoms with E-state index in [2.05, 4.69) is 63.7 Å². The van der Waals surface area contributed by atoms with Gasteiger partial charge in [0, 0.05) is 8.45 Å². The van der Waals surface area contributed by atoms with E-state index < -0.39 is 0 Å². The van der Waals surface area contributed by atoms with Crippen LogP contribution in [0, 0.1) is 3.57 Å². The molecule has 0 spiro atoms. The molecule has 0 bridgehead atoms. The largest absolute Gasteiger partial charge is 0.321 e. The number of fused-ring (bicyclic) bond motifs is 1. The molecule has 2 heterocycles. The van der Waals surface area contributed by atoms with E-state index in [9.17, 15) is 0 Å². The van der Waals surface area contributed by atoms with Gasteiger partial charge < -0.3 is 4.57 Å². The molecule has 2 nitrogen and oxygen atoms in total. The molecule has 1 atom stereocenters. The summed E-state index contributed by atoms with van der Waals surface area (Å²) < 4.78 is 3.46. The van der Waals surface area contributed by atoms with Crippen LogP contribution in [0.5, 0.6) is 0 Å². The Bertz CT molecular complexity index is 776. The van der Waals surface area contributed by atoms with Gasteiger partial charge >= 0.3 is 0 Å². The lowest BCUT2D eigenvalue weighted by Crippen LogP contribution is -2.06. The average molecular weight is 431 g/mol. The number of rotatable bonds is 4. The van der Waals surface area contributed by atoms with Crippen molar-refractivity contribution in [1.82, 2.24) is 9.55 Å². The van der Waals surface area contributed by atoms with Gasteiger partial charge in [-0.05, 0) is 71.1 Å². The van der Waals surface area contributed by atoms with Gasteiger partial charge in [0.1, 0.15) is 5.82 Å². The number of hydrogen-bond donors (Lipinski definition) is 0. The molecule has 0 fully saturated rings. The second-order valence-electron chi connectivity index (χ2n) is 5.03. The summed E-state index contributed by atoms with van der Waals surface area (Å²) in [6.45, 7) is 5.04. The van der Waals surface area contributed by atoms with Crippen LogP contribution in [0.25, 0.3) is 11.0 Å². The molecule has 2 aromatic heterocycles. The van der Waals surface area contributed by atoms with Gasteiger partial charge in [0.25, 0.3) is 0 Å². The van der Waals surface area contributed by atoms with Gasteiger partial charge in [0.2, 0.25) is 0 Å². The molecule has 110 valence electrons. The number of hydrogen-bond acceptors (Lipinski definition) is 2. The molecule has 0 saturated carbocycles. The molecule has 1 aromatic carbocycles. The van der Waals surface area contributed by atoms with Crippen molar-refractivity contribution in [2.24, 2.45) is 0 Å². The van der Waals surface area contributed by atoms with E-state index in [1.54, 1.807) is 0 Å². The SMILES string of the molecule is CCc1ccsc1Cn1c(C(C)Cl)nc2cc(I)ccc21. The highest BCUT2D eigenvalue weighted by molar-refractivity contribution is 14.1. The number of halogens is 2. The summed E-state index contributed by atoms with van der Waals surface area (Å²) in [6, 6.07) is 8.60. The zero-order chi connectivity index (χ0) is 15.0. The van der Waals surface area contributed by atoms with Crippen LogP contribution in [0.2, 0.25) is 0 Å². The quantitative estimate of drug-likeness (QED) is 0.388. The monoisotopic (exact) mass is 430 g/mol. The van der Waals surface area contributed by atoms with E-state index in [1.807, 2.05) is 18.3 Å². The minimum absolute atomic E-state index is 0.0971. The van der Waals surface area contributed by atoms with Crippen molar-refractivity contribution in [2.45, 2.75) is 32.2 Å². The normalized spacial score (nSPS) is 13.0. The molecule has 0 aliphatic heterocycles. The zero-order valence-electron chi connectivity index (χ0n) is 11.9. The van der Waals surface area contributed by atoms with E-state index in [1.165, 1.54) is 14.0 Å². The topological polar surface area (TPSA) is 17.8 Å². The second kappa shape index (κ2) is 6.26. The van der Waals surface area contributed by atoms with Crippen LogP contribution in [-0.4, -0.2) is 9.55 Å². The number of benzene rings is 1. The minimum atomic E-state index is -0.0971. The maximum Gasteiger partial charge on any atom is 0.128 e. The molecule has 0 aliphatic rings. The number of imidazole rings is 1. The Morgan fingerprint density at radius 3 is 2.90 bits per heavy atom. The third-order valence-corrected chi connectivity index (χ3v) is 5.43. The fourth-order valence-electron chi connectivity index (χ4n) is 2.56. The number of aromatic nitrogens is 2. The lowest BCUT2D eigenvalue weighted by molar-refractivity contribution is 0.746. The van der Waals surface area contributed by atoms with Gasteiger partial charge in [-0.3, -0.25) is 0 Å². The second-order valence-corrected chi connectivity index (χ2v) is 7.93. The van der Waals surface area contributed by atoms with Gasteiger partial charge in [-0.2, -0.15) is 0 Å². The maximum atomic E-state index is 6.35. The van der Waals surface area contributed by atoms with Crippen molar-refractivity contribution < 1.29 is 0 Å². The summed E-state index contributed by atoms with van der Waals surface area (Å²) >= 11 is 10.5. The first kappa shape index (κ1) is 15.3. The van der Waals surface area contributed by atoms with Crippen molar-refractivity contribution in [2.75, 3.05) is 0 Å². The first-order valence-corrected chi connectivity index (χ1v) is 9.34. The molecule has 1 unspecified atom stereocenters. The molecule has 5 heteroatoms. The highest BCUT2D eigenvalue weighted by Crippen LogP contribution is 2.28. The molecule has 0 N–H and O–H groups in total. The lowest BCUT2D eigenvalue weighted by atomic mass is 10.2. The molecule has 0 saturated heterocycles. The highest BCUT2D eigenvalue weighted by Gasteiger charge is 2.16. The van der Waals surface area contributed by atoms with Crippen LogP contribution >= 0.6 is 45.5 Å². The van der Waals surface area contributed by atoms with Crippen molar-refractivity contribution in [3.63, 3.8) is 0 Å². The summed E-state index contributed by atoms with van der Waals surface area (Å²) in [6.07, 6.45) is 1.06. The fraction of sp³-hybridized carbons (Fsp3) is 0.312. The first-order valence-electron chi connectivity index (χ1n) is 6.95. The highest BCUT2D eigenvalue weighted by atomic mass is 127. The lowest BCUT2D eigenvalue weighted by Gasteiger charge is -2.10. The third kappa shape index (κ3) is 2.98. The van der Waals surface area contributed by atoms with E-state index in [0.717, 1.165) is 29.8 Å². The van der Waals surface area contributed by atoms with Crippen LogP contribution in [0.3, 0.4) is 0 Å². The van der Waals surface area contributed by atoms with Crippen molar-refractivity contribution in [3.8, 4) is 0 Å². The summed E-state index contributed by atoms with van der Waals surface area (Å²) in [5.74, 6) is 0.948. The van der Waals surface area contributed by atoms with Crippen molar-refractivity contribution in [3.05, 3.63) is 49.5 Å². The molecule has 3 rings (SSSR count). The summed E-state index contributed by atoms with van der Waals surface area (Å²) in [5.41, 5.74) is 3.60. The van der Waals surface area contributed by atoms with E-state index in [-0.39, 0.29) is 5.38 Å². The molecule has 3 aromatic rings. The maximum absolute atomic E-state index is 6.35. The number of nitrogens with zero attached hydrogens (tertiary/aromatic N) is 2. The number of thiophene rings is 1. The van der Waals surface area contributed by atoms with Crippen LogP contribution < -0.4 is 0 Å². The predicted octanol–water partition coefficient (Wildman–Crippen LogP) is 5.61. The van der Waals surface area contributed by atoms with Gasteiger partial charge in [0.15, 0.2) is 0 Å². The Morgan fingerprint density at radius 2 is 2.19 bits per heavy atom. The number of aryl methyl sites for hydroxylation is 1. The Morgan fingerprint density at radius 1 is 1.38 bits per heavy atom. The molecule has 0 amide bonds.